The zero-order chi connectivity index (χ0) is 28.2. The third-order valence-electron chi connectivity index (χ3n) is 7.48. The van der Waals surface area contributed by atoms with Crippen LogP contribution in [0.3, 0.4) is 0 Å². The van der Waals surface area contributed by atoms with Gasteiger partial charge in [-0.3, -0.25) is 4.79 Å². The van der Waals surface area contributed by atoms with Gasteiger partial charge in [-0.15, -0.1) is 0 Å². The number of imidazole rings is 1. The number of aromatic amines is 1. The van der Waals surface area contributed by atoms with E-state index in [0.717, 1.165) is 52.1 Å². The van der Waals surface area contributed by atoms with Crippen molar-refractivity contribution in [3.63, 3.8) is 0 Å². The molecule has 1 saturated heterocycles. The Bertz CT molecular complexity index is 1730. The SMILES string of the molecule is N#Cc1ccc(CN2CCC(Cc3nc4ccc(Cl)cc4[nH]3)CC2=O)cc1N=C(c1ccccc1)c1ccccc1. The maximum atomic E-state index is 13.2. The zero-order valence-corrected chi connectivity index (χ0v) is 23.2. The van der Waals surface area contributed by atoms with Crippen molar-refractivity contribution in [1.29, 1.82) is 5.26 Å². The second kappa shape index (κ2) is 11.8. The molecule has 6 rings (SSSR count). The molecule has 0 saturated carbocycles. The Labute approximate surface area is 244 Å². The number of nitrogens with zero attached hydrogens (tertiary/aromatic N) is 4. The van der Waals surface area contributed by atoms with Gasteiger partial charge in [0.15, 0.2) is 0 Å². The van der Waals surface area contributed by atoms with Crippen LogP contribution in [-0.4, -0.2) is 33.0 Å². The number of carbonyl (C=O) groups is 1. The number of aromatic nitrogens is 2. The summed E-state index contributed by atoms with van der Waals surface area (Å²) in [5.74, 6) is 1.25. The van der Waals surface area contributed by atoms with Gasteiger partial charge in [0.2, 0.25) is 5.91 Å². The Balaban J connectivity index is 1.19. The zero-order valence-electron chi connectivity index (χ0n) is 22.4. The molecule has 1 aromatic heterocycles. The molecule has 1 amide bonds. The summed E-state index contributed by atoms with van der Waals surface area (Å²) in [6, 6.07) is 33.5. The van der Waals surface area contributed by atoms with Gasteiger partial charge in [0.05, 0.1) is 28.0 Å². The first kappa shape index (κ1) is 26.5. The number of fused-ring (bicyclic) bond motifs is 1. The second-order valence-electron chi connectivity index (χ2n) is 10.4. The number of halogens is 1. The van der Waals surface area contributed by atoms with Crippen LogP contribution in [0.2, 0.25) is 5.02 Å². The number of aliphatic imine (C=N–C) groups is 1. The van der Waals surface area contributed by atoms with Gasteiger partial charge in [0.25, 0.3) is 0 Å². The molecule has 0 spiro atoms. The molecule has 0 aliphatic carbocycles. The van der Waals surface area contributed by atoms with Gasteiger partial charge in [-0.2, -0.15) is 5.26 Å². The van der Waals surface area contributed by atoms with Crippen LogP contribution < -0.4 is 0 Å². The van der Waals surface area contributed by atoms with Crippen molar-refractivity contribution in [2.45, 2.75) is 25.8 Å². The van der Waals surface area contributed by atoms with E-state index in [1.54, 1.807) is 6.07 Å². The van der Waals surface area contributed by atoms with Crippen LogP contribution in [0.25, 0.3) is 11.0 Å². The van der Waals surface area contributed by atoms with Crippen LogP contribution in [0.4, 0.5) is 5.69 Å². The number of amides is 1. The normalized spacial score (nSPS) is 15.1. The van der Waals surface area contributed by atoms with E-state index in [4.69, 9.17) is 16.6 Å². The molecule has 1 fully saturated rings. The summed E-state index contributed by atoms with van der Waals surface area (Å²) < 4.78 is 0. The Morgan fingerprint density at radius 3 is 2.41 bits per heavy atom. The molecule has 1 unspecified atom stereocenters. The molecule has 1 N–H and O–H groups in total. The van der Waals surface area contributed by atoms with Gasteiger partial charge < -0.3 is 9.88 Å². The molecular weight excluding hydrogens is 530 g/mol. The third-order valence-corrected chi connectivity index (χ3v) is 7.72. The Morgan fingerprint density at radius 2 is 1.73 bits per heavy atom. The minimum Gasteiger partial charge on any atom is -0.342 e. The lowest BCUT2D eigenvalue weighted by molar-refractivity contribution is -0.135. The molecular formula is C34H28ClN5O. The minimum atomic E-state index is 0.129. The fourth-order valence-corrected chi connectivity index (χ4v) is 5.55. The summed E-state index contributed by atoms with van der Waals surface area (Å²) in [6.07, 6.45) is 2.10. The molecule has 41 heavy (non-hydrogen) atoms. The molecule has 5 aromatic rings. The monoisotopic (exact) mass is 557 g/mol. The Morgan fingerprint density at radius 1 is 1.00 bits per heavy atom. The quantitative estimate of drug-likeness (QED) is 0.214. The molecule has 0 bridgehead atoms. The van der Waals surface area contributed by atoms with Crippen LogP contribution in [0.1, 0.15) is 40.9 Å². The molecule has 6 nitrogen and oxygen atoms in total. The van der Waals surface area contributed by atoms with Crippen LogP contribution in [0.5, 0.6) is 0 Å². The fourth-order valence-electron chi connectivity index (χ4n) is 5.38. The first-order valence-electron chi connectivity index (χ1n) is 13.7. The predicted molar refractivity (Wildman–Crippen MR) is 162 cm³/mol. The van der Waals surface area contributed by atoms with Gasteiger partial charge in [0, 0.05) is 42.1 Å². The lowest BCUT2D eigenvalue weighted by Crippen LogP contribution is -2.38. The maximum absolute atomic E-state index is 13.2. The summed E-state index contributed by atoms with van der Waals surface area (Å²) in [5, 5.41) is 10.5. The van der Waals surface area contributed by atoms with E-state index in [9.17, 15) is 10.1 Å². The molecule has 2 heterocycles. The summed E-state index contributed by atoms with van der Waals surface area (Å²) in [6.45, 7) is 1.16. The fraction of sp³-hybridized carbons (Fsp3) is 0.176. The molecule has 1 aliphatic heterocycles. The molecule has 1 atom stereocenters. The number of hydrogen-bond donors (Lipinski definition) is 1. The van der Waals surface area contributed by atoms with Crippen LogP contribution in [0, 0.1) is 17.2 Å². The number of carbonyl (C=O) groups excluding carboxylic acids is 1. The van der Waals surface area contributed by atoms with E-state index in [1.807, 2.05) is 95.9 Å². The minimum absolute atomic E-state index is 0.129. The van der Waals surface area contributed by atoms with Crippen LogP contribution in [0.15, 0.2) is 102 Å². The van der Waals surface area contributed by atoms with E-state index >= 15 is 0 Å². The summed E-state index contributed by atoms with van der Waals surface area (Å²) in [4.78, 5) is 28.1. The number of benzene rings is 4. The third kappa shape index (κ3) is 6.06. The number of piperidine rings is 1. The van der Waals surface area contributed by atoms with Crippen LogP contribution >= 0.6 is 11.6 Å². The number of H-pyrrole nitrogens is 1. The summed E-state index contributed by atoms with van der Waals surface area (Å²) >= 11 is 6.11. The summed E-state index contributed by atoms with van der Waals surface area (Å²) in [7, 11) is 0. The smallest absolute Gasteiger partial charge is 0.223 e. The highest BCUT2D eigenvalue weighted by Gasteiger charge is 2.27. The van der Waals surface area contributed by atoms with Crippen molar-refractivity contribution in [2.24, 2.45) is 10.9 Å². The maximum Gasteiger partial charge on any atom is 0.223 e. The highest BCUT2D eigenvalue weighted by molar-refractivity contribution is 6.31. The lowest BCUT2D eigenvalue weighted by Gasteiger charge is -2.31. The van der Waals surface area contributed by atoms with Gasteiger partial charge >= 0.3 is 0 Å². The Kier molecular flexibility index (Phi) is 7.62. The van der Waals surface area contributed by atoms with Crippen molar-refractivity contribution in [1.82, 2.24) is 14.9 Å². The largest absolute Gasteiger partial charge is 0.342 e. The van der Waals surface area contributed by atoms with Gasteiger partial charge in [-0.1, -0.05) is 78.3 Å². The van der Waals surface area contributed by atoms with Crippen LogP contribution in [-0.2, 0) is 17.8 Å². The average Bonchev–Trinajstić information content (AvgIpc) is 3.39. The molecule has 4 aromatic carbocycles. The molecule has 7 heteroatoms. The average molecular weight is 558 g/mol. The number of nitrogens with one attached hydrogen (secondary N) is 1. The van der Waals surface area contributed by atoms with Gasteiger partial charge in [-0.25, -0.2) is 9.98 Å². The van der Waals surface area contributed by atoms with E-state index in [0.29, 0.717) is 35.8 Å². The number of likely N-dealkylation sites (tertiary alicyclic amines) is 1. The lowest BCUT2D eigenvalue weighted by atomic mass is 9.92. The van der Waals surface area contributed by atoms with E-state index in [-0.39, 0.29) is 11.8 Å². The topological polar surface area (TPSA) is 85.1 Å². The first-order chi connectivity index (χ1) is 20.1. The van der Waals surface area contributed by atoms with Crippen molar-refractivity contribution in [2.75, 3.05) is 6.54 Å². The number of nitriles is 1. The first-order valence-corrected chi connectivity index (χ1v) is 14.1. The molecule has 202 valence electrons. The highest BCUT2D eigenvalue weighted by atomic mass is 35.5. The van der Waals surface area contributed by atoms with Crippen molar-refractivity contribution in [3.8, 4) is 6.07 Å². The van der Waals surface area contributed by atoms with E-state index < -0.39 is 0 Å². The van der Waals surface area contributed by atoms with Gasteiger partial charge in [0.1, 0.15) is 11.9 Å². The number of hydrogen-bond acceptors (Lipinski definition) is 4. The number of rotatable bonds is 7. The molecule has 0 radical (unpaired) electrons. The van der Waals surface area contributed by atoms with Crippen molar-refractivity contribution >= 4 is 39.9 Å². The Hall–Kier alpha value is -4.73. The van der Waals surface area contributed by atoms with E-state index in [2.05, 4.69) is 16.0 Å². The van der Waals surface area contributed by atoms with Crippen molar-refractivity contribution in [3.05, 3.63) is 130 Å². The second-order valence-corrected chi connectivity index (χ2v) is 10.8. The van der Waals surface area contributed by atoms with Crippen molar-refractivity contribution < 1.29 is 4.79 Å². The van der Waals surface area contributed by atoms with E-state index in [1.165, 1.54) is 0 Å². The summed E-state index contributed by atoms with van der Waals surface area (Å²) in [5.41, 5.74) is 6.58. The predicted octanol–water partition coefficient (Wildman–Crippen LogP) is 7.24. The van der Waals surface area contributed by atoms with Gasteiger partial charge in [-0.05, 0) is 48.2 Å². The standard InChI is InChI=1S/C34H28ClN5O/c35-28-13-14-29-31(20-28)38-32(37-29)18-23-15-16-40(33(41)19-23)22-24-11-12-27(21-36)30(17-24)39-34(25-7-3-1-4-8-25)26-9-5-2-6-10-26/h1-14,17,20,23H,15-16,18-19,22H2,(H,37,38). The molecule has 1 aliphatic rings. The highest BCUT2D eigenvalue weighted by Crippen LogP contribution is 2.28.